The Kier molecular flexibility index (Phi) is 4.87. The number of hydrogen-bond donors (Lipinski definition) is 1. The molecular weight excluding hydrogens is 328 g/mol. The van der Waals surface area contributed by atoms with Gasteiger partial charge in [0.05, 0.1) is 5.56 Å². The molecule has 0 saturated carbocycles. The molecule has 1 aliphatic rings. The van der Waals surface area contributed by atoms with E-state index in [0.717, 1.165) is 30.4 Å². The summed E-state index contributed by atoms with van der Waals surface area (Å²) in [5, 5.41) is 0.576. The molecule has 0 aliphatic carbocycles. The monoisotopic (exact) mass is 344 g/mol. The first kappa shape index (κ1) is 14.8. The lowest BCUT2D eigenvalue weighted by Crippen LogP contribution is -2.45. The van der Waals surface area contributed by atoms with Crippen LogP contribution >= 0.6 is 27.5 Å². The summed E-state index contributed by atoms with van der Waals surface area (Å²) in [6.07, 6.45) is 2.11. The van der Waals surface area contributed by atoms with Gasteiger partial charge < -0.3 is 10.6 Å². The first-order valence-corrected chi connectivity index (χ1v) is 7.66. The van der Waals surface area contributed by atoms with Crippen molar-refractivity contribution in [3.8, 4) is 0 Å². The zero-order valence-electron chi connectivity index (χ0n) is 10.9. The smallest absolute Gasteiger partial charge is 0.255 e. The number of hydrogen-bond acceptors (Lipinski definition) is 2. The van der Waals surface area contributed by atoms with Crippen molar-refractivity contribution in [1.29, 1.82) is 0 Å². The van der Waals surface area contributed by atoms with Crippen LogP contribution in [0.4, 0.5) is 0 Å². The lowest BCUT2D eigenvalue weighted by atomic mass is 9.92. The van der Waals surface area contributed by atoms with Crippen LogP contribution in [0.25, 0.3) is 0 Å². The second-order valence-electron chi connectivity index (χ2n) is 5.14. The number of halogens is 2. The Hall–Kier alpha value is -0.580. The molecule has 1 heterocycles. The summed E-state index contributed by atoms with van der Waals surface area (Å²) >= 11 is 9.38. The maximum Gasteiger partial charge on any atom is 0.255 e. The highest BCUT2D eigenvalue weighted by Crippen LogP contribution is 2.25. The van der Waals surface area contributed by atoms with E-state index in [9.17, 15) is 4.79 Å². The van der Waals surface area contributed by atoms with Gasteiger partial charge in [-0.1, -0.05) is 11.6 Å². The number of carbonyl (C=O) groups is 1. The highest BCUT2D eigenvalue weighted by atomic mass is 79.9. The minimum atomic E-state index is 0.0275. The van der Waals surface area contributed by atoms with E-state index >= 15 is 0 Å². The van der Waals surface area contributed by atoms with Gasteiger partial charge in [0, 0.05) is 28.6 Å². The molecular formula is C14H18BrClN2O. The number of benzene rings is 1. The molecule has 0 unspecified atom stereocenters. The van der Waals surface area contributed by atoms with Gasteiger partial charge in [-0.25, -0.2) is 0 Å². The number of piperidine rings is 1. The Labute approximate surface area is 127 Å². The van der Waals surface area contributed by atoms with E-state index in [1.807, 2.05) is 17.9 Å². The Morgan fingerprint density at radius 2 is 2.32 bits per heavy atom. The zero-order valence-corrected chi connectivity index (χ0v) is 13.2. The Morgan fingerprint density at radius 3 is 3.00 bits per heavy atom. The molecule has 1 aromatic rings. The Bertz CT molecular complexity index is 479. The molecule has 3 nitrogen and oxygen atoms in total. The lowest BCUT2D eigenvalue weighted by Gasteiger charge is -2.34. The van der Waals surface area contributed by atoms with Gasteiger partial charge in [0.1, 0.15) is 0 Å². The van der Waals surface area contributed by atoms with E-state index < -0.39 is 0 Å². The average molecular weight is 346 g/mol. The highest BCUT2D eigenvalue weighted by molar-refractivity contribution is 9.10. The quantitative estimate of drug-likeness (QED) is 0.894. The number of rotatable bonds is 2. The van der Waals surface area contributed by atoms with Crippen LogP contribution in [0.15, 0.2) is 22.7 Å². The summed E-state index contributed by atoms with van der Waals surface area (Å²) in [6.45, 7) is 3.53. The normalized spacial score (nSPS) is 21.3. The minimum Gasteiger partial charge on any atom is -0.338 e. The van der Waals surface area contributed by atoms with Crippen LogP contribution in [-0.4, -0.2) is 29.9 Å². The van der Waals surface area contributed by atoms with E-state index in [1.165, 1.54) is 0 Å². The third-order valence-electron chi connectivity index (χ3n) is 3.65. The molecule has 1 fully saturated rings. The first-order chi connectivity index (χ1) is 8.99. The van der Waals surface area contributed by atoms with Crippen LogP contribution < -0.4 is 5.73 Å². The van der Waals surface area contributed by atoms with Crippen LogP contribution in [-0.2, 0) is 0 Å². The molecule has 5 heteroatoms. The first-order valence-electron chi connectivity index (χ1n) is 6.49. The van der Waals surface area contributed by atoms with Gasteiger partial charge in [-0.3, -0.25) is 4.79 Å². The van der Waals surface area contributed by atoms with Crippen LogP contribution in [0.3, 0.4) is 0 Å². The number of nitrogens with zero attached hydrogens (tertiary/aromatic N) is 1. The fourth-order valence-corrected chi connectivity index (χ4v) is 3.04. The Morgan fingerprint density at radius 1 is 1.58 bits per heavy atom. The molecule has 2 rings (SSSR count). The van der Waals surface area contributed by atoms with E-state index in [2.05, 4.69) is 15.9 Å². The largest absolute Gasteiger partial charge is 0.338 e. The van der Waals surface area contributed by atoms with Crippen LogP contribution in [0.1, 0.15) is 30.1 Å². The van der Waals surface area contributed by atoms with Crippen molar-refractivity contribution in [1.82, 2.24) is 4.90 Å². The molecule has 0 aromatic heterocycles. The molecule has 0 radical (unpaired) electrons. The summed E-state index contributed by atoms with van der Waals surface area (Å²) in [6, 6.07) is 5.41. The summed E-state index contributed by atoms with van der Waals surface area (Å²) in [5.41, 5.74) is 6.58. The van der Waals surface area contributed by atoms with Crippen molar-refractivity contribution >= 4 is 33.4 Å². The summed E-state index contributed by atoms with van der Waals surface area (Å²) < 4.78 is 0.782. The minimum absolute atomic E-state index is 0.0275. The second kappa shape index (κ2) is 6.25. The van der Waals surface area contributed by atoms with Crippen molar-refractivity contribution in [2.45, 2.75) is 25.8 Å². The maximum atomic E-state index is 12.5. The van der Waals surface area contributed by atoms with Gasteiger partial charge in [0.15, 0.2) is 0 Å². The molecule has 104 valence electrons. The summed E-state index contributed by atoms with van der Waals surface area (Å²) in [4.78, 5) is 14.4. The third-order valence-corrected chi connectivity index (χ3v) is 4.57. The Balaban J connectivity index is 2.17. The van der Waals surface area contributed by atoms with Gasteiger partial charge >= 0.3 is 0 Å². The number of carbonyl (C=O) groups excluding carboxylic acids is 1. The molecule has 1 aromatic carbocycles. The lowest BCUT2D eigenvalue weighted by molar-refractivity contribution is 0.0660. The third kappa shape index (κ3) is 3.50. The molecule has 2 atom stereocenters. The molecule has 1 aliphatic heterocycles. The van der Waals surface area contributed by atoms with Crippen LogP contribution in [0, 0.1) is 5.92 Å². The van der Waals surface area contributed by atoms with E-state index in [-0.39, 0.29) is 11.9 Å². The summed E-state index contributed by atoms with van der Waals surface area (Å²) in [7, 11) is 0. The fourth-order valence-electron chi connectivity index (χ4n) is 2.46. The predicted octanol–water partition coefficient (Wildman–Crippen LogP) is 3.30. The molecule has 0 spiro atoms. The number of nitrogens with two attached hydrogens (primary N) is 1. The van der Waals surface area contributed by atoms with E-state index in [1.54, 1.807) is 12.1 Å². The molecule has 1 saturated heterocycles. The SMILES string of the molecule is C[C@H](N)[C@@H]1CCCN(C(=O)c2cc(Cl)ccc2Br)C1. The average Bonchev–Trinajstić information content (AvgIpc) is 2.41. The fraction of sp³-hybridized carbons (Fsp3) is 0.500. The van der Waals surface area contributed by atoms with Gasteiger partial charge in [-0.05, 0) is 59.8 Å². The van der Waals surface area contributed by atoms with Crippen LogP contribution in [0.5, 0.6) is 0 Å². The van der Waals surface area contributed by atoms with Gasteiger partial charge in [0.2, 0.25) is 0 Å². The number of likely N-dealkylation sites (tertiary alicyclic amines) is 1. The van der Waals surface area contributed by atoms with Crippen molar-refractivity contribution in [3.05, 3.63) is 33.3 Å². The van der Waals surface area contributed by atoms with E-state index in [0.29, 0.717) is 16.5 Å². The summed E-state index contributed by atoms with van der Waals surface area (Å²) in [5.74, 6) is 0.412. The van der Waals surface area contributed by atoms with Crippen molar-refractivity contribution in [3.63, 3.8) is 0 Å². The molecule has 2 N–H and O–H groups in total. The molecule has 0 bridgehead atoms. The van der Waals surface area contributed by atoms with Gasteiger partial charge in [0.25, 0.3) is 5.91 Å². The van der Waals surface area contributed by atoms with Crippen molar-refractivity contribution < 1.29 is 4.79 Å². The second-order valence-corrected chi connectivity index (χ2v) is 6.43. The standard InChI is InChI=1S/C14H18BrClN2O/c1-9(17)10-3-2-6-18(8-10)14(19)12-7-11(16)4-5-13(12)15/h4-5,7,9-10H,2-3,6,8,17H2,1H3/t9-,10+/m0/s1. The predicted molar refractivity (Wildman–Crippen MR) is 81.4 cm³/mol. The van der Waals surface area contributed by atoms with Crippen molar-refractivity contribution in [2.75, 3.05) is 13.1 Å². The van der Waals surface area contributed by atoms with E-state index in [4.69, 9.17) is 17.3 Å². The zero-order chi connectivity index (χ0) is 14.0. The van der Waals surface area contributed by atoms with Gasteiger partial charge in [-0.2, -0.15) is 0 Å². The highest BCUT2D eigenvalue weighted by Gasteiger charge is 2.27. The molecule has 1 amide bonds. The number of amides is 1. The van der Waals surface area contributed by atoms with Crippen molar-refractivity contribution in [2.24, 2.45) is 11.7 Å². The molecule has 19 heavy (non-hydrogen) atoms. The maximum absolute atomic E-state index is 12.5. The topological polar surface area (TPSA) is 46.3 Å². The van der Waals surface area contributed by atoms with Crippen LogP contribution in [0.2, 0.25) is 5.02 Å². The van der Waals surface area contributed by atoms with Gasteiger partial charge in [-0.15, -0.1) is 0 Å².